The van der Waals surface area contributed by atoms with Gasteiger partial charge in [-0.2, -0.15) is 0 Å². The molecule has 53 heavy (non-hydrogen) atoms. The fraction of sp³-hybridized carbons (Fsp3) is 0.878. The van der Waals surface area contributed by atoms with Gasteiger partial charge in [0.2, 0.25) is 5.91 Å². The molecule has 0 aromatic rings. The number of carbonyl (C=O) groups excluding carboxylic acids is 2. The molecule has 3 unspecified atom stereocenters. The zero-order valence-corrected chi connectivity index (χ0v) is 34.5. The molecule has 1 amide bonds. The van der Waals surface area contributed by atoms with Crippen molar-refractivity contribution in [1.29, 1.82) is 0 Å². The van der Waals surface area contributed by atoms with Crippen LogP contribution in [0.4, 0.5) is 0 Å². The number of aliphatic hydroxyl groups excluding tert-OH is 1. The van der Waals surface area contributed by atoms with Crippen molar-refractivity contribution in [1.82, 2.24) is 5.32 Å². The van der Waals surface area contributed by atoms with Gasteiger partial charge in [0.25, 0.3) is 0 Å². The van der Waals surface area contributed by atoms with E-state index in [1.807, 2.05) is 0 Å². The molecule has 0 bridgehead atoms. The van der Waals surface area contributed by atoms with Crippen molar-refractivity contribution in [3.8, 4) is 0 Å². The summed E-state index contributed by atoms with van der Waals surface area (Å²) in [5.74, 6) is -2.38. The molecule has 0 aliphatic carbocycles. The summed E-state index contributed by atoms with van der Waals surface area (Å²) in [5, 5.41) is 21.6. The molecular weight excluding hydrogens is 697 g/mol. The highest BCUT2D eigenvalue weighted by molar-refractivity contribution is 7.47. The molecule has 0 spiro atoms. The molecule has 3 atom stereocenters. The maximum Gasteiger partial charge on any atom is 0.472 e. The lowest BCUT2D eigenvalue weighted by molar-refractivity contribution is -0.147. The van der Waals surface area contributed by atoms with Crippen LogP contribution < -0.4 is 5.32 Å². The van der Waals surface area contributed by atoms with Crippen molar-refractivity contribution in [2.45, 2.75) is 212 Å². The van der Waals surface area contributed by atoms with Crippen LogP contribution in [0.2, 0.25) is 0 Å². The monoisotopic (exact) mass is 776 g/mol. The molecule has 11 nitrogen and oxygen atoms in total. The van der Waals surface area contributed by atoms with Crippen LogP contribution in [0.3, 0.4) is 0 Å². The summed E-state index contributed by atoms with van der Waals surface area (Å²) < 4.78 is 26.7. The Morgan fingerprint density at radius 3 is 1.43 bits per heavy atom. The summed E-state index contributed by atoms with van der Waals surface area (Å²) >= 11 is 0. The van der Waals surface area contributed by atoms with Gasteiger partial charge in [0.15, 0.2) is 6.04 Å². The first kappa shape index (κ1) is 51.2. The number of aliphatic hydroxyl groups is 1. The molecule has 0 heterocycles. The average molecular weight is 776 g/mol. The van der Waals surface area contributed by atoms with Crippen molar-refractivity contribution >= 4 is 25.7 Å². The Hall–Kier alpha value is -1.78. The Kier molecular flexibility index (Phi) is 35.9. The number of hydrogen-bond donors (Lipinski definition) is 4. The topological polar surface area (TPSA) is 169 Å². The quantitative estimate of drug-likeness (QED) is 0.0203. The first-order valence-corrected chi connectivity index (χ1v) is 22.7. The summed E-state index contributed by atoms with van der Waals surface area (Å²) in [7, 11) is -4.74. The van der Waals surface area contributed by atoms with Gasteiger partial charge in [-0.25, -0.2) is 9.36 Å². The molecule has 0 aromatic heterocycles. The molecule has 0 aromatic carbocycles. The van der Waals surface area contributed by atoms with Crippen molar-refractivity contribution in [3.05, 3.63) is 12.2 Å². The van der Waals surface area contributed by atoms with E-state index >= 15 is 0 Å². The molecular formula is C41H78NO10P. The summed E-state index contributed by atoms with van der Waals surface area (Å²) in [6, 6.07) is -1.54. The van der Waals surface area contributed by atoms with Gasteiger partial charge in [0, 0.05) is 12.8 Å². The Labute approximate surface area is 322 Å². The second-order valence-electron chi connectivity index (χ2n) is 14.5. The molecule has 0 fully saturated rings. The van der Waals surface area contributed by atoms with E-state index in [1.54, 1.807) is 0 Å². The number of ether oxygens (including phenoxy) is 1. The van der Waals surface area contributed by atoms with E-state index in [1.165, 1.54) is 109 Å². The van der Waals surface area contributed by atoms with Crippen molar-refractivity contribution < 1.29 is 47.8 Å². The van der Waals surface area contributed by atoms with Crippen LogP contribution in [-0.4, -0.2) is 64.9 Å². The molecule has 12 heteroatoms. The van der Waals surface area contributed by atoms with Crippen molar-refractivity contribution in [3.63, 3.8) is 0 Å². The van der Waals surface area contributed by atoms with Gasteiger partial charge in [-0.3, -0.25) is 18.6 Å². The Bertz CT molecular complexity index is 963. The number of amides is 1. The summed E-state index contributed by atoms with van der Waals surface area (Å²) in [6.45, 7) is 2.50. The van der Waals surface area contributed by atoms with Crippen LogP contribution in [0.1, 0.15) is 200 Å². The molecule has 0 saturated carbocycles. The van der Waals surface area contributed by atoms with Gasteiger partial charge in [-0.15, -0.1) is 0 Å². The van der Waals surface area contributed by atoms with Gasteiger partial charge in [0.1, 0.15) is 12.7 Å². The Morgan fingerprint density at radius 2 is 0.981 bits per heavy atom. The van der Waals surface area contributed by atoms with Gasteiger partial charge >= 0.3 is 19.8 Å². The molecule has 0 aliphatic heterocycles. The fourth-order valence-electron chi connectivity index (χ4n) is 5.96. The van der Waals surface area contributed by atoms with Crippen LogP contribution >= 0.6 is 7.82 Å². The summed E-state index contributed by atoms with van der Waals surface area (Å²) in [6.07, 6.45) is 35.9. The molecule has 0 saturated heterocycles. The summed E-state index contributed by atoms with van der Waals surface area (Å²) in [5.41, 5.74) is 0. The lowest BCUT2D eigenvalue weighted by atomic mass is 10.0. The number of unbranched alkanes of at least 4 members (excludes halogenated alkanes) is 24. The van der Waals surface area contributed by atoms with Crippen LogP contribution in [0.15, 0.2) is 12.2 Å². The van der Waals surface area contributed by atoms with E-state index in [0.717, 1.165) is 51.4 Å². The zero-order chi connectivity index (χ0) is 39.3. The standard InChI is InChI=1S/C41H78NO10P/c1-3-5-7-9-11-12-13-14-15-16-17-18-19-20-21-22-23-24-25-26-27-29-31-33-40(45)50-34-37(43)35-51-53(48,49)52-36-38(41(46)47)42-39(44)32-30-28-10-8-6-4-2/h14-15,37-38,43H,3-13,16-36H2,1-2H3,(H,42,44)(H,46,47)(H,48,49)/b15-14+. The second-order valence-corrected chi connectivity index (χ2v) is 16.0. The second kappa shape index (κ2) is 37.2. The van der Waals surface area contributed by atoms with Gasteiger partial charge < -0.3 is 25.2 Å². The van der Waals surface area contributed by atoms with E-state index in [4.69, 9.17) is 13.8 Å². The minimum atomic E-state index is -4.74. The molecule has 4 N–H and O–H groups in total. The van der Waals surface area contributed by atoms with Crippen LogP contribution in [-0.2, 0) is 32.7 Å². The number of rotatable bonds is 40. The Morgan fingerprint density at radius 1 is 0.585 bits per heavy atom. The van der Waals surface area contributed by atoms with Crippen LogP contribution in [0.5, 0.6) is 0 Å². The third-order valence-corrected chi connectivity index (χ3v) is 10.3. The van der Waals surface area contributed by atoms with E-state index in [0.29, 0.717) is 12.8 Å². The number of esters is 1. The molecule has 0 radical (unpaired) electrons. The van der Waals surface area contributed by atoms with Gasteiger partial charge in [0.05, 0.1) is 13.2 Å². The molecule has 0 aliphatic rings. The number of carboxylic acid groups (broad SMARTS) is 1. The van der Waals surface area contributed by atoms with Gasteiger partial charge in [-0.05, 0) is 38.5 Å². The third-order valence-electron chi connectivity index (χ3n) is 9.30. The number of hydrogen-bond acceptors (Lipinski definition) is 8. The lowest BCUT2D eigenvalue weighted by Gasteiger charge is -2.18. The molecule has 312 valence electrons. The number of aliphatic carboxylic acids is 1. The van der Waals surface area contributed by atoms with Crippen molar-refractivity contribution in [2.24, 2.45) is 0 Å². The number of carboxylic acids is 1. The highest BCUT2D eigenvalue weighted by Crippen LogP contribution is 2.43. The number of allylic oxidation sites excluding steroid dienone is 2. The predicted molar refractivity (Wildman–Crippen MR) is 213 cm³/mol. The SMILES string of the molecule is CCCCCCCC/C=C/CCCCCCCCCCCCCCCC(=O)OCC(O)COP(=O)(O)OCC(NC(=O)CCCCCCCC)C(=O)O. The number of phosphoric ester groups is 1. The first-order chi connectivity index (χ1) is 25.6. The number of nitrogens with one attached hydrogen (secondary N) is 1. The normalized spacial score (nSPS) is 13.9. The maximum absolute atomic E-state index is 12.2. The minimum Gasteiger partial charge on any atom is -0.480 e. The first-order valence-electron chi connectivity index (χ1n) is 21.2. The number of phosphoric acid groups is 1. The predicted octanol–water partition coefficient (Wildman–Crippen LogP) is 10.5. The fourth-order valence-corrected chi connectivity index (χ4v) is 6.73. The van der Waals surface area contributed by atoms with E-state index in [9.17, 15) is 34.1 Å². The smallest absolute Gasteiger partial charge is 0.472 e. The highest BCUT2D eigenvalue weighted by atomic mass is 31.2. The van der Waals surface area contributed by atoms with Gasteiger partial charge in [-0.1, -0.05) is 161 Å². The Balaban J connectivity index is 3.73. The van der Waals surface area contributed by atoms with E-state index in [-0.39, 0.29) is 12.8 Å². The van der Waals surface area contributed by atoms with Crippen LogP contribution in [0, 0.1) is 0 Å². The van der Waals surface area contributed by atoms with Crippen LogP contribution in [0.25, 0.3) is 0 Å². The zero-order valence-electron chi connectivity index (χ0n) is 33.6. The van der Waals surface area contributed by atoms with E-state index in [2.05, 4.69) is 31.3 Å². The number of carbonyl (C=O) groups is 3. The third kappa shape index (κ3) is 36.9. The summed E-state index contributed by atoms with van der Waals surface area (Å²) in [4.78, 5) is 45.5. The van der Waals surface area contributed by atoms with E-state index < -0.39 is 57.6 Å². The lowest BCUT2D eigenvalue weighted by Crippen LogP contribution is -2.43. The largest absolute Gasteiger partial charge is 0.480 e. The molecule has 0 rings (SSSR count). The highest BCUT2D eigenvalue weighted by Gasteiger charge is 2.28. The minimum absolute atomic E-state index is 0.145. The van der Waals surface area contributed by atoms with Crippen molar-refractivity contribution in [2.75, 3.05) is 19.8 Å². The average Bonchev–Trinajstić information content (AvgIpc) is 3.13. The maximum atomic E-state index is 12.2.